The van der Waals surface area contributed by atoms with Gasteiger partial charge in [0, 0.05) is 22.6 Å². The summed E-state index contributed by atoms with van der Waals surface area (Å²) < 4.78 is 32.5. The van der Waals surface area contributed by atoms with Crippen molar-refractivity contribution in [1.29, 1.82) is 0 Å². The van der Waals surface area contributed by atoms with E-state index in [2.05, 4.69) is 20.0 Å². The summed E-state index contributed by atoms with van der Waals surface area (Å²) in [7, 11) is -2.31. The van der Waals surface area contributed by atoms with Gasteiger partial charge in [0.05, 0.1) is 12.0 Å². The molecule has 8 nitrogen and oxygen atoms in total. The van der Waals surface area contributed by atoms with E-state index in [4.69, 9.17) is 4.74 Å². The van der Waals surface area contributed by atoms with Crippen molar-refractivity contribution in [3.05, 3.63) is 71.5 Å². The molecule has 0 atom stereocenters. The molecule has 0 aliphatic heterocycles. The molecule has 3 rings (SSSR count). The topological polar surface area (TPSA) is 110 Å². The third-order valence-corrected chi connectivity index (χ3v) is 5.33. The number of aromatic nitrogens is 2. The molecule has 3 aromatic rings. The largest absolute Gasteiger partial charge is 0.497 e. The Morgan fingerprint density at radius 2 is 1.52 bits per heavy atom. The fourth-order valence-electron chi connectivity index (χ4n) is 2.61. The molecule has 0 spiro atoms. The van der Waals surface area contributed by atoms with E-state index in [1.165, 1.54) is 24.3 Å². The number of ether oxygens (including phenoxy) is 1. The van der Waals surface area contributed by atoms with Crippen LogP contribution in [0, 0.1) is 13.8 Å². The van der Waals surface area contributed by atoms with Gasteiger partial charge in [0.15, 0.2) is 0 Å². The molecule has 0 saturated carbocycles. The summed E-state index contributed by atoms with van der Waals surface area (Å²) in [5.74, 6) is 0.348. The Kier molecular flexibility index (Phi) is 5.79. The summed E-state index contributed by atoms with van der Waals surface area (Å²) in [6.45, 7) is 3.51. The lowest BCUT2D eigenvalue weighted by molar-refractivity contribution is 0.102. The molecule has 0 aliphatic carbocycles. The second kappa shape index (κ2) is 8.27. The Balaban J connectivity index is 1.72. The maximum absolute atomic E-state index is 12.5. The molecule has 0 saturated heterocycles. The third kappa shape index (κ3) is 5.08. The van der Waals surface area contributed by atoms with Gasteiger partial charge in [0.25, 0.3) is 15.9 Å². The monoisotopic (exact) mass is 412 g/mol. The molecule has 0 bridgehead atoms. The van der Waals surface area contributed by atoms with Crippen LogP contribution in [0.15, 0.2) is 59.5 Å². The minimum absolute atomic E-state index is 0.0133. The molecular weight excluding hydrogens is 392 g/mol. The van der Waals surface area contributed by atoms with Crippen LogP contribution >= 0.6 is 0 Å². The Morgan fingerprint density at radius 1 is 0.931 bits per heavy atom. The van der Waals surface area contributed by atoms with Gasteiger partial charge in [-0.2, -0.15) is 0 Å². The average molecular weight is 412 g/mol. The number of benzene rings is 2. The molecule has 0 radical (unpaired) electrons. The molecule has 0 unspecified atom stereocenters. The third-order valence-electron chi connectivity index (χ3n) is 3.98. The number of nitrogens with one attached hydrogen (secondary N) is 2. The van der Waals surface area contributed by atoms with Crippen molar-refractivity contribution in [3.63, 3.8) is 0 Å². The first kappa shape index (κ1) is 20.3. The Labute approximate surface area is 169 Å². The molecule has 9 heteroatoms. The van der Waals surface area contributed by atoms with Gasteiger partial charge in [-0.3, -0.25) is 4.79 Å². The van der Waals surface area contributed by atoms with E-state index in [1.54, 1.807) is 51.3 Å². The smallest absolute Gasteiger partial charge is 0.264 e. The lowest BCUT2D eigenvalue weighted by Crippen LogP contribution is -2.16. The number of carbonyl (C=O) groups excluding carboxylic acids is 1. The zero-order chi connectivity index (χ0) is 21.0. The second-order valence-electron chi connectivity index (χ2n) is 6.29. The summed E-state index contributed by atoms with van der Waals surface area (Å²) in [5, 5.41) is 2.72. The summed E-state index contributed by atoms with van der Waals surface area (Å²) >= 11 is 0. The number of hydrogen-bond acceptors (Lipinski definition) is 6. The number of rotatable bonds is 6. The first-order chi connectivity index (χ1) is 13.8. The zero-order valence-electron chi connectivity index (χ0n) is 16.1. The minimum atomic E-state index is -3.85. The molecule has 0 fully saturated rings. The van der Waals surface area contributed by atoms with Crippen LogP contribution in [0.2, 0.25) is 0 Å². The van der Waals surface area contributed by atoms with Gasteiger partial charge in [-0.05, 0) is 68.4 Å². The minimum Gasteiger partial charge on any atom is -0.497 e. The highest BCUT2D eigenvalue weighted by Crippen LogP contribution is 2.18. The van der Waals surface area contributed by atoms with E-state index in [-0.39, 0.29) is 16.8 Å². The van der Waals surface area contributed by atoms with Crippen LogP contribution in [-0.4, -0.2) is 31.4 Å². The van der Waals surface area contributed by atoms with E-state index < -0.39 is 10.0 Å². The Morgan fingerprint density at radius 3 is 2.07 bits per heavy atom. The van der Waals surface area contributed by atoms with Crippen molar-refractivity contribution in [1.82, 2.24) is 9.97 Å². The highest BCUT2D eigenvalue weighted by Gasteiger charge is 2.16. The Hall–Kier alpha value is -3.46. The van der Waals surface area contributed by atoms with Gasteiger partial charge in [0.2, 0.25) is 5.95 Å². The van der Waals surface area contributed by atoms with E-state index in [0.29, 0.717) is 28.4 Å². The van der Waals surface area contributed by atoms with Crippen LogP contribution in [0.5, 0.6) is 5.75 Å². The predicted octanol–water partition coefficient (Wildman–Crippen LogP) is 3.16. The standard InChI is InChI=1S/C20H20N4O4S/c1-13-12-14(2)22-20(21-13)24-29(26,27)18-10-6-16(7-11-18)23-19(25)15-4-8-17(28-3)9-5-15/h4-12H,1-3H3,(H,23,25)(H,21,22,24). The molecule has 0 aliphatic rings. The van der Waals surface area contributed by atoms with Crippen LogP contribution in [0.4, 0.5) is 11.6 Å². The van der Waals surface area contributed by atoms with Crippen LogP contribution in [0.25, 0.3) is 0 Å². The first-order valence-electron chi connectivity index (χ1n) is 8.67. The van der Waals surface area contributed by atoms with Gasteiger partial charge >= 0.3 is 0 Å². The number of aryl methyl sites for hydroxylation is 2. The highest BCUT2D eigenvalue weighted by atomic mass is 32.2. The van der Waals surface area contributed by atoms with E-state index in [1.807, 2.05) is 0 Å². The fourth-order valence-corrected chi connectivity index (χ4v) is 3.56. The van der Waals surface area contributed by atoms with Crippen molar-refractivity contribution < 1.29 is 17.9 Å². The average Bonchev–Trinajstić information content (AvgIpc) is 2.67. The van der Waals surface area contributed by atoms with Crippen molar-refractivity contribution >= 4 is 27.6 Å². The maximum Gasteiger partial charge on any atom is 0.264 e. The zero-order valence-corrected chi connectivity index (χ0v) is 16.9. The maximum atomic E-state index is 12.5. The summed E-state index contributed by atoms with van der Waals surface area (Å²) in [4.78, 5) is 20.5. The van der Waals surface area contributed by atoms with E-state index >= 15 is 0 Å². The normalized spacial score (nSPS) is 11.0. The summed E-state index contributed by atoms with van der Waals surface area (Å²) in [6, 6.07) is 14.2. The van der Waals surface area contributed by atoms with Crippen molar-refractivity contribution in [2.75, 3.05) is 17.1 Å². The van der Waals surface area contributed by atoms with Gasteiger partial charge < -0.3 is 10.1 Å². The molecule has 1 aromatic heterocycles. The van der Waals surface area contributed by atoms with Gasteiger partial charge in [-0.1, -0.05) is 0 Å². The molecule has 150 valence electrons. The number of hydrogen-bond donors (Lipinski definition) is 2. The molecule has 1 heterocycles. The van der Waals surface area contributed by atoms with Crippen LogP contribution < -0.4 is 14.8 Å². The second-order valence-corrected chi connectivity index (χ2v) is 7.97. The van der Waals surface area contributed by atoms with Gasteiger partial charge in [-0.15, -0.1) is 0 Å². The van der Waals surface area contributed by atoms with E-state index in [9.17, 15) is 13.2 Å². The number of anilines is 2. The predicted molar refractivity (Wildman–Crippen MR) is 110 cm³/mol. The highest BCUT2D eigenvalue weighted by molar-refractivity contribution is 7.92. The van der Waals surface area contributed by atoms with Crippen LogP contribution in [0.3, 0.4) is 0 Å². The van der Waals surface area contributed by atoms with Crippen LogP contribution in [0.1, 0.15) is 21.7 Å². The Bertz CT molecular complexity index is 1110. The molecule has 1 amide bonds. The number of nitrogens with zero attached hydrogens (tertiary/aromatic N) is 2. The molecule has 2 aromatic carbocycles. The number of amides is 1. The first-order valence-corrected chi connectivity index (χ1v) is 10.2. The lowest BCUT2D eigenvalue weighted by Gasteiger charge is -2.09. The van der Waals surface area contributed by atoms with Crippen LogP contribution in [-0.2, 0) is 10.0 Å². The lowest BCUT2D eigenvalue weighted by atomic mass is 10.2. The number of sulfonamides is 1. The van der Waals surface area contributed by atoms with E-state index in [0.717, 1.165) is 0 Å². The van der Waals surface area contributed by atoms with Crippen molar-refractivity contribution in [3.8, 4) is 5.75 Å². The summed E-state index contributed by atoms with van der Waals surface area (Å²) in [5.41, 5.74) is 2.24. The van der Waals surface area contributed by atoms with Crippen molar-refractivity contribution in [2.45, 2.75) is 18.7 Å². The fraction of sp³-hybridized carbons (Fsp3) is 0.150. The quantitative estimate of drug-likeness (QED) is 0.643. The number of carbonyl (C=O) groups is 1. The van der Waals surface area contributed by atoms with Crippen molar-refractivity contribution in [2.24, 2.45) is 0 Å². The summed E-state index contributed by atoms with van der Waals surface area (Å²) in [6.07, 6.45) is 0. The van der Waals surface area contributed by atoms with Gasteiger partial charge in [-0.25, -0.2) is 23.1 Å². The molecule has 2 N–H and O–H groups in total. The van der Waals surface area contributed by atoms with Gasteiger partial charge in [0.1, 0.15) is 5.75 Å². The molecule has 29 heavy (non-hydrogen) atoms. The SMILES string of the molecule is COc1ccc(C(=O)Nc2ccc(S(=O)(=O)Nc3nc(C)cc(C)n3)cc2)cc1. The molecular formula is C20H20N4O4S. The number of methoxy groups -OCH3 is 1.